The molecule has 2 rings (SSSR count). The fraction of sp³-hybridized carbons (Fsp3) is 0.500. The van der Waals surface area contributed by atoms with Crippen molar-refractivity contribution in [3.05, 3.63) is 59.7 Å². The van der Waals surface area contributed by atoms with E-state index < -0.39 is 0 Å². The normalized spacial score (nSPS) is 11.6. The summed E-state index contributed by atoms with van der Waals surface area (Å²) in [5.74, 6) is -0.0835. The maximum Gasteiger partial charge on any atom is 0.223 e. The summed E-state index contributed by atoms with van der Waals surface area (Å²) in [5.41, 5.74) is 1.89. The fourth-order valence-corrected chi connectivity index (χ4v) is 3.03. The van der Waals surface area contributed by atoms with Crippen LogP contribution in [0, 0.1) is 11.2 Å². The van der Waals surface area contributed by atoms with Gasteiger partial charge in [0.1, 0.15) is 5.82 Å². The van der Waals surface area contributed by atoms with Gasteiger partial charge in [-0.1, -0.05) is 32.9 Å². The van der Waals surface area contributed by atoms with E-state index in [0.717, 1.165) is 17.7 Å². The standard InChI is InChI=1S/C22H31FN2O2/c1-22(2,3)15-21(26)25(12-7-13-27-4)17-20-10-6-11-24(20)16-18-8-5-9-19(23)14-18/h5-6,8-11,14H,7,12-13,15-17H2,1-4H3. The van der Waals surface area contributed by atoms with Crippen LogP contribution in [0.4, 0.5) is 4.39 Å². The highest BCUT2D eigenvalue weighted by Gasteiger charge is 2.22. The van der Waals surface area contributed by atoms with Crippen LogP contribution in [0.5, 0.6) is 0 Å². The van der Waals surface area contributed by atoms with Crippen LogP contribution in [-0.4, -0.2) is 35.6 Å². The number of hydrogen-bond acceptors (Lipinski definition) is 2. The Balaban J connectivity index is 2.12. The van der Waals surface area contributed by atoms with E-state index in [1.54, 1.807) is 19.2 Å². The van der Waals surface area contributed by atoms with Gasteiger partial charge in [0.05, 0.1) is 6.54 Å². The maximum atomic E-state index is 13.5. The van der Waals surface area contributed by atoms with E-state index in [4.69, 9.17) is 4.74 Å². The highest BCUT2D eigenvalue weighted by atomic mass is 19.1. The molecule has 0 aliphatic rings. The van der Waals surface area contributed by atoms with Crippen LogP contribution in [-0.2, 0) is 22.6 Å². The van der Waals surface area contributed by atoms with Crippen LogP contribution >= 0.6 is 0 Å². The first kappa shape index (κ1) is 21.2. The SMILES string of the molecule is COCCCN(Cc1cccn1Cc1cccc(F)c1)C(=O)CC(C)(C)C. The smallest absolute Gasteiger partial charge is 0.223 e. The summed E-state index contributed by atoms with van der Waals surface area (Å²) < 4.78 is 20.7. The minimum absolute atomic E-state index is 0.0554. The lowest BCUT2D eigenvalue weighted by Gasteiger charge is -2.27. The fourth-order valence-electron chi connectivity index (χ4n) is 3.03. The van der Waals surface area contributed by atoms with E-state index in [1.165, 1.54) is 6.07 Å². The summed E-state index contributed by atoms with van der Waals surface area (Å²) in [6.45, 7) is 8.64. The number of ether oxygens (including phenoxy) is 1. The second-order valence-corrected chi connectivity index (χ2v) is 8.16. The molecule has 0 unspecified atom stereocenters. The van der Waals surface area contributed by atoms with Crippen molar-refractivity contribution in [3.8, 4) is 0 Å². The molecular weight excluding hydrogens is 343 g/mol. The average Bonchev–Trinajstić information content (AvgIpc) is 2.99. The Morgan fingerprint density at radius 2 is 2.00 bits per heavy atom. The lowest BCUT2D eigenvalue weighted by Crippen LogP contribution is -2.35. The molecule has 1 aromatic carbocycles. The largest absolute Gasteiger partial charge is 0.385 e. The zero-order chi connectivity index (χ0) is 19.9. The zero-order valence-corrected chi connectivity index (χ0v) is 16.9. The van der Waals surface area contributed by atoms with Gasteiger partial charge in [0.2, 0.25) is 5.91 Å². The van der Waals surface area contributed by atoms with Crippen molar-refractivity contribution in [3.63, 3.8) is 0 Å². The number of rotatable bonds is 9. The lowest BCUT2D eigenvalue weighted by atomic mass is 9.91. The van der Waals surface area contributed by atoms with Crippen LogP contribution < -0.4 is 0 Å². The van der Waals surface area contributed by atoms with Crippen molar-refractivity contribution in [1.82, 2.24) is 9.47 Å². The van der Waals surface area contributed by atoms with Gasteiger partial charge < -0.3 is 14.2 Å². The van der Waals surface area contributed by atoms with E-state index in [0.29, 0.717) is 32.7 Å². The Morgan fingerprint density at radius 3 is 2.67 bits per heavy atom. The summed E-state index contributed by atoms with van der Waals surface area (Å²) in [5, 5.41) is 0. The molecule has 0 aliphatic heterocycles. The van der Waals surface area contributed by atoms with Crippen LogP contribution in [0.2, 0.25) is 0 Å². The molecular formula is C22H31FN2O2. The van der Waals surface area contributed by atoms with Crippen molar-refractivity contribution in [2.24, 2.45) is 5.41 Å². The minimum atomic E-state index is -0.234. The summed E-state index contributed by atoms with van der Waals surface area (Å²) >= 11 is 0. The van der Waals surface area contributed by atoms with Gasteiger partial charge in [-0.05, 0) is 41.7 Å². The highest BCUT2D eigenvalue weighted by molar-refractivity contribution is 5.76. The Morgan fingerprint density at radius 1 is 1.22 bits per heavy atom. The number of nitrogens with zero attached hydrogens (tertiary/aromatic N) is 2. The minimum Gasteiger partial charge on any atom is -0.385 e. The van der Waals surface area contributed by atoms with Gasteiger partial charge in [-0.25, -0.2) is 4.39 Å². The molecule has 0 aliphatic carbocycles. The molecule has 1 heterocycles. The number of methoxy groups -OCH3 is 1. The van der Waals surface area contributed by atoms with E-state index in [-0.39, 0.29) is 17.1 Å². The molecule has 4 nitrogen and oxygen atoms in total. The van der Waals surface area contributed by atoms with Crippen molar-refractivity contribution in [2.45, 2.75) is 46.7 Å². The highest BCUT2D eigenvalue weighted by Crippen LogP contribution is 2.21. The molecule has 0 N–H and O–H groups in total. The van der Waals surface area contributed by atoms with E-state index in [9.17, 15) is 9.18 Å². The van der Waals surface area contributed by atoms with Crippen LogP contribution in [0.25, 0.3) is 0 Å². The second-order valence-electron chi connectivity index (χ2n) is 8.16. The van der Waals surface area contributed by atoms with Gasteiger partial charge in [-0.2, -0.15) is 0 Å². The number of carbonyl (C=O) groups is 1. The number of hydrogen-bond donors (Lipinski definition) is 0. The maximum absolute atomic E-state index is 13.5. The molecule has 0 saturated heterocycles. The topological polar surface area (TPSA) is 34.5 Å². The lowest BCUT2D eigenvalue weighted by molar-refractivity contribution is -0.134. The van der Waals surface area contributed by atoms with Gasteiger partial charge in [0.25, 0.3) is 0 Å². The van der Waals surface area contributed by atoms with E-state index in [2.05, 4.69) is 25.3 Å². The van der Waals surface area contributed by atoms with E-state index >= 15 is 0 Å². The summed E-state index contributed by atoms with van der Waals surface area (Å²) in [6, 6.07) is 10.6. The molecule has 148 valence electrons. The monoisotopic (exact) mass is 374 g/mol. The molecule has 5 heteroatoms. The first-order valence-electron chi connectivity index (χ1n) is 9.44. The molecule has 0 fully saturated rings. The number of benzene rings is 1. The van der Waals surface area contributed by atoms with Crippen LogP contribution in [0.3, 0.4) is 0 Å². The molecule has 1 aromatic heterocycles. The van der Waals surface area contributed by atoms with Gasteiger partial charge in [0.15, 0.2) is 0 Å². The van der Waals surface area contributed by atoms with Gasteiger partial charge in [-0.15, -0.1) is 0 Å². The Labute approximate surface area is 161 Å². The molecule has 0 spiro atoms. The molecule has 0 atom stereocenters. The van der Waals surface area contributed by atoms with Gasteiger partial charge in [0, 0.05) is 45.1 Å². The van der Waals surface area contributed by atoms with Crippen molar-refractivity contribution >= 4 is 5.91 Å². The van der Waals surface area contributed by atoms with Crippen LogP contribution in [0.15, 0.2) is 42.6 Å². The molecule has 27 heavy (non-hydrogen) atoms. The zero-order valence-electron chi connectivity index (χ0n) is 16.9. The van der Waals surface area contributed by atoms with E-state index in [1.807, 2.05) is 29.3 Å². The summed E-state index contributed by atoms with van der Waals surface area (Å²) in [4.78, 5) is 14.7. The van der Waals surface area contributed by atoms with Crippen molar-refractivity contribution < 1.29 is 13.9 Å². The van der Waals surface area contributed by atoms with Gasteiger partial charge >= 0.3 is 0 Å². The number of amides is 1. The van der Waals surface area contributed by atoms with Gasteiger partial charge in [-0.3, -0.25) is 4.79 Å². The third-order valence-electron chi connectivity index (χ3n) is 4.33. The predicted molar refractivity (Wildman–Crippen MR) is 106 cm³/mol. The Hall–Kier alpha value is -2.14. The second kappa shape index (κ2) is 9.70. The summed E-state index contributed by atoms with van der Waals surface area (Å²) in [7, 11) is 1.67. The number of halogens is 1. The molecule has 0 bridgehead atoms. The Kier molecular flexibility index (Phi) is 7.60. The third kappa shape index (κ3) is 7.18. The average molecular weight is 375 g/mol. The third-order valence-corrected chi connectivity index (χ3v) is 4.33. The first-order valence-corrected chi connectivity index (χ1v) is 9.44. The number of aromatic nitrogens is 1. The van der Waals surface area contributed by atoms with Crippen molar-refractivity contribution in [2.75, 3.05) is 20.3 Å². The van der Waals surface area contributed by atoms with Crippen molar-refractivity contribution in [1.29, 1.82) is 0 Å². The number of carbonyl (C=O) groups excluding carboxylic acids is 1. The molecule has 0 saturated carbocycles. The molecule has 0 radical (unpaired) electrons. The predicted octanol–water partition coefficient (Wildman–Crippen LogP) is 4.48. The van der Waals surface area contributed by atoms with Crippen LogP contribution in [0.1, 0.15) is 44.9 Å². The Bertz CT molecular complexity index is 734. The quantitative estimate of drug-likeness (QED) is 0.607. The summed E-state index contributed by atoms with van der Waals surface area (Å²) in [6.07, 6.45) is 3.28. The molecule has 1 amide bonds. The molecule has 2 aromatic rings. The first-order chi connectivity index (χ1) is 12.8.